The molecule has 0 aromatic rings. The van der Waals surface area contributed by atoms with Gasteiger partial charge in [-0.3, -0.25) is 0 Å². The fourth-order valence-corrected chi connectivity index (χ4v) is 2.92. The zero-order chi connectivity index (χ0) is 9.68. The van der Waals surface area contributed by atoms with Gasteiger partial charge in [0.05, 0.1) is 0 Å². The summed E-state index contributed by atoms with van der Waals surface area (Å²) in [6.45, 7) is 7.11. The van der Waals surface area contributed by atoms with Crippen molar-refractivity contribution in [1.29, 1.82) is 0 Å². The quantitative estimate of drug-likeness (QED) is 0.581. The molecule has 78 valence electrons. The van der Waals surface area contributed by atoms with Crippen LogP contribution in [0.1, 0.15) is 65.7 Å². The lowest BCUT2D eigenvalue weighted by molar-refractivity contribution is 0.295. The SMILES string of the molecule is CCCCC(CC)C1CCC(C)C1. The lowest BCUT2D eigenvalue weighted by Crippen LogP contribution is -2.11. The number of rotatable bonds is 5. The van der Waals surface area contributed by atoms with Gasteiger partial charge in [-0.15, -0.1) is 0 Å². The van der Waals surface area contributed by atoms with E-state index >= 15 is 0 Å². The molecule has 0 aromatic heterocycles. The van der Waals surface area contributed by atoms with Gasteiger partial charge in [-0.1, -0.05) is 52.9 Å². The molecule has 0 N–H and O–H groups in total. The maximum absolute atomic E-state index is 2.42. The van der Waals surface area contributed by atoms with Crippen molar-refractivity contribution in [3.05, 3.63) is 0 Å². The summed E-state index contributed by atoms with van der Waals surface area (Å²) < 4.78 is 0. The molecule has 1 aliphatic rings. The minimum absolute atomic E-state index is 1.01. The molecule has 0 aromatic carbocycles. The zero-order valence-electron chi connectivity index (χ0n) is 9.68. The average molecular weight is 182 g/mol. The Bertz CT molecular complexity index is 128. The second-order valence-corrected chi connectivity index (χ2v) is 4.99. The van der Waals surface area contributed by atoms with E-state index in [-0.39, 0.29) is 0 Å². The van der Waals surface area contributed by atoms with Gasteiger partial charge >= 0.3 is 0 Å². The van der Waals surface area contributed by atoms with Crippen LogP contribution in [0, 0.1) is 17.8 Å². The van der Waals surface area contributed by atoms with Crippen LogP contribution in [0.5, 0.6) is 0 Å². The summed E-state index contributed by atoms with van der Waals surface area (Å²) in [5.41, 5.74) is 0. The number of hydrogen-bond donors (Lipinski definition) is 0. The second kappa shape index (κ2) is 5.67. The summed E-state index contributed by atoms with van der Waals surface area (Å²) in [6, 6.07) is 0. The van der Waals surface area contributed by atoms with E-state index in [1.807, 2.05) is 0 Å². The fourth-order valence-electron chi connectivity index (χ4n) is 2.92. The molecule has 0 aliphatic heterocycles. The van der Waals surface area contributed by atoms with Crippen molar-refractivity contribution < 1.29 is 0 Å². The summed E-state index contributed by atoms with van der Waals surface area (Å²) in [6.07, 6.45) is 10.3. The van der Waals surface area contributed by atoms with Gasteiger partial charge in [0.15, 0.2) is 0 Å². The van der Waals surface area contributed by atoms with Crippen LogP contribution in [0.15, 0.2) is 0 Å². The van der Waals surface area contributed by atoms with E-state index in [1.54, 1.807) is 0 Å². The molecule has 3 atom stereocenters. The Morgan fingerprint density at radius 3 is 2.46 bits per heavy atom. The Balaban J connectivity index is 2.29. The smallest absolute Gasteiger partial charge is 0.0383 e. The first-order chi connectivity index (χ1) is 6.27. The molecule has 0 amide bonds. The summed E-state index contributed by atoms with van der Waals surface area (Å²) in [5.74, 6) is 3.14. The Hall–Kier alpha value is 0. The molecule has 0 spiro atoms. The van der Waals surface area contributed by atoms with Gasteiger partial charge in [0.1, 0.15) is 0 Å². The van der Waals surface area contributed by atoms with E-state index in [0.29, 0.717) is 0 Å². The van der Waals surface area contributed by atoms with Crippen molar-refractivity contribution in [1.82, 2.24) is 0 Å². The molecular formula is C13H26. The summed E-state index contributed by atoms with van der Waals surface area (Å²) in [5, 5.41) is 0. The molecule has 0 heterocycles. The Kier molecular flexibility index (Phi) is 4.83. The molecule has 3 unspecified atom stereocenters. The molecule has 1 rings (SSSR count). The van der Waals surface area contributed by atoms with Crippen LogP contribution in [-0.4, -0.2) is 0 Å². The zero-order valence-corrected chi connectivity index (χ0v) is 9.68. The second-order valence-electron chi connectivity index (χ2n) is 4.99. The van der Waals surface area contributed by atoms with Gasteiger partial charge in [-0.25, -0.2) is 0 Å². The topological polar surface area (TPSA) is 0 Å². The highest BCUT2D eigenvalue weighted by Crippen LogP contribution is 2.38. The Morgan fingerprint density at radius 2 is 2.00 bits per heavy atom. The molecular weight excluding hydrogens is 156 g/mol. The summed E-state index contributed by atoms with van der Waals surface area (Å²) >= 11 is 0. The van der Waals surface area contributed by atoms with Crippen molar-refractivity contribution >= 4 is 0 Å². The minimum Gasteiger partial charge on any atom is -0.0654 e. The highest BCUT2D eigenvalue weighted by Gasteiger charge is 2.26. The van der Waals surface area contributed by atoms with Crippen molar-refractivity contribution in [2.45, 2.75) is 65.7 Å². The van der Waals surface area contributed by atoms with Crippen LogP contribution in [0.3, 0.4) is 0 Å². The summed E-state index contributed by atoms with van der Waals surface area (Å²) in [7, 11) is 0. The van der Waals surface area contributed by atoms with E-state index in [9.17, 15) is 0 Å². The molecule has 1 fully saturated rings. The maximum atomic E-state index is 2.42. The third-order valence-corrected chi connectivity index (χ3v) is 3.85. The monoisotopic (exact) mass is 182 g/mol. The van der Waals surface area contributed by atoms with Gasteiger partial charge < -0.3 is 0 Å². The molecule has 0 saturated heterocycles. The van der Waals surface area contributed by atoms with Crippen molar-refractivity contribution in [3.8, 4) is 0 Å². The van der Waals surface area contributed by atoms with E-state index < -0.39 is 0 Å². The first-order valence-electron chi connectivity index (χ1n) is 6.27. The first-order valence-corrected chi connectivity index (χ1v) is 6.27. The van der Waals surface area contributed by atoms with Crippen LogP contribution < -0.4 is 0 Å². The van der Waals surface area contributed by atoms with Crippen LogP contribution in [0.4, 0.5) is 0 Å². The van der Waals surface area contributed by atoms with Gasteiger partial charge in [0.2, 0.25) is 0 Å². The van der Waals surface area contributed by atoms with E-state index in [1.165, 1.54) is 44.9 Å². The van der Waals surface area contributed by atoms with E-state index in [0.717, 1.165) is 17.8 Å². The van der Waals surface area contributed by atoms with Crippen molar-refractivity contribution in [3.63, 3.8) is 0 Å². The largest absolute Gasteiger partial charge is 0.0654 e. The third-order valence-electron chi connectivity index (χ3n) is 3.85. The average Bonchev–Trinajstić information content (AvgIpc) is 2.54. The van der Waals surface area contributed by atoms with E-state index in [2.05, 4.69) is 20.8 Å². The van der Waals surface area contributed by atoms with Gasteiger partial charge in [-0.2, -0.15) is 0 Å². The lowest BCUT2D eigenvalue weighted by atomic mass is 9.84. The molecule has 0 nitrogen and oxygen atoms in total. The fraction of sp³-hybridized carbons (Fsp3) is 1.00. The number of unbranched alkanes of at least 4 members (excludes halogenated alkanes) is 1. The summed E-state index contributed by atoms with van der Waals surface area (Å²) in [4.78, 5) is 0. The van der Waals surface area contributed by atoms with Crippen LogP contribution >= 0.6 is 0 Å². The van der Waals surface area contributed by atoms with Gasteiger partial charge in [0.25, 0.3) is 0 Å². The molecule has 0 radical (unpaired) electrons. The standard InChI is InChI=1S/C13H26/c1-4-6-7-12(5-2)13-9-8-11(3)10-13/h11-13H,4-10H2,1-3H3. The molecule has 1 aliphatic carbocycles. The molecule has 13 heavy (non-hydrogen) atoms. The van der Waals surface area contributed by atoms with E-state index in [4.69, 9.17) is 0 Å². The van der Waals surface area contributed by atoms with Crippen LogP contribution in [-0.2, 0) is 0 Å². The molecule has 1 saturated carbocycles. The molecule has 0 bridgehead atoms. The van der Waals surface area contributed by atoms with Crippen LogP contribution in [0.25, 0.3) is 0 Å². The van der Waals surface area contributed by atoms with Gasteiger partial charge in [0, 0.05) is 0 Å². The minimum atomic E-state index is 1.01. The normalized spacial score (nSPS) is 30.7. The predicted molar refractivity (Wildman–Crippen MR) is 59.8 cm³/mol. The molecule has 0 heteroatoms. The number of hydrogen-bond acceptors (Lipinski definition) is 0. The lowest BCUT2D eigenvalue weighted by Gasteiger charge is -2.21. The maximum Gasteiger partial charge on any atom is -0.0383 e. The third kappa shape index (κ3) is 3.32. The van der Waals surface area contributed by atoms with Crippen molar-refractivity contribution in [2.24, 2.45) is 17.8 Å². The van der Waals surface area contributed by atoms with Gasteiger partial charge in [-0.05, 0) is 30.6 Å². The van der Waals surface area contributed by atoms with Crippen LogP contribution in [0.2, 0.25) is 0 Å². The Labute approximate surface area is 84.1 Å². The Morgan fingerprint density at radius 1 is 1.23 bits per heavy atom. The first kappa shape index (κ1) is 11.1. The predicted octanol–water partition coefficient (Wildman–Crippen LogP) is 4.64. The highest BCUT2D eigenvalue weighted by molar-refractivity contribution is 4.78. The highest BCUT2D eigenvalue weighted by atomic mass is 14.3. The van der Waals surface area contributed by atoms with Crippen molar-refractivity contribution in [2.75, 3.05) is 0 Å².